The van der Waals surface area contributed by atoms with E-state index >= 15 is 0 Å². The van der Waals surface area contributed by atoms with E-state index in [1.54, 1.807) is 17.9 Å². The largest absolute Gasteiger partial charge is 0.452 e. The van der Waals surface area contributed by atoms with Crippen molar-refractivity contribution in [3.63, 3.8) is 0 Å². The summed E-state index contributed by atoms with van der Waals surface area (Å²) in [6, 6.07) is 11.6. The molecule has 3 heterocycles. The molecular formula is C21H21N3O5S. The van der Waals surface area contributed by atoms with Gasteiger partial charge in [-0.1, -0.05) is 30.3 Å². The Morgan fingerprint density at radius 2 is 2.03 bits per heavy atom. The van der Waals surface area contributed by atoms with Gasteiger partial charge in [0.15, 0.2) is 6.10 Å². The van der Waals surface area contributed by atoms with Gasteiger partial charge < -0.3 is 14.1 Å². The number of carbonyl (C=O) groups is 2. The van der Waals surface area contributed by atoms with E-state index < -0.39 is 17.8 Å². The Morgan fingerprint density at radius 3 is 2.80 bits per heavy atom. The summed E-state index contributed by atoms with van der Waals surface area (Å²) in [6.07, 6.45) is -0.195. The number of amides is 1. The zero-order chi connectivity index (χ0) is 21.1. The highest BCUT2D eigenvalue weighted by Crippen LogP contribution is 2.21. The molecule has 0 N–H and O–H groups in total. The SMILES string of the molecule is CC(OC(=O)CCn1nc(-c2cccs2)oc1=O)C(=O)N1CCc2ccccc2C1. The Kier molecular flexibility index (Phi) is 5.80. The molecular weight excluding hydrogens is 406 g/mol. The maximum Gasteiger partial charge on any atom is 0.437 e. The molecule has 9 heteroatoms. The van der Waals surface area contributed by atoms with Crippen molar-refractivity contribution < 1.29 is 18.7 Å². The number of thiophene rings is 1. The van der Waals surface area contributed by atoms with Gasteiger partial charge in [0, 0.05) is 13.1 Å². The number of hydrogen-bond acceptors (Lipinski definition) is 7. The van der Waals surface area contributed by atoms with Crippen LogP contribution in [0, 0.1) is 0 Å². The number of nitrogens with zero attached hydrogens (tertiary/aromatic N) is 3. The van der Waals surface area contributed by atoms with Crippen LogP contribution in [0.15, 0.2) is 51.0 Å². The lowest BCUT2D eigenvalue weighted by molar-refractivity contribution is -0.159. The van der Waals surface area contributed by atoms with E-state index in [-0.39, 0.29) is 24.8 Å². The second-order valence-electron chi connectivity index (χ2n) is 7.03. The van der Waals surface area contributed by atoms with Crippen LogP contribution in [-0.2, 0) is 33.8 Å². The van der Waals surface area contributed by atoms with Crippen LogP contribution in [0.1, 0.15) is 24.5 Å². The number of ether oxygens (including phenoxy) is 1. The van der Waals surface area contributed by atoms with Gasteiger partial charge in [-0.25, -0.2) is 4.79 Å². The summed E-state index contributed by atoms with van der Waals surface area (Å²) < 4.78 is 11.5. The van der Waals surface area contributed by atoms with Gasteiger partial charge in [-0.2, -0.15) is 4.68 Å². The van der Waals surface area contributed by atoms with Gasteiger partial charge >= 0.3 is 11.7 Å². The minimum atomic E-state index is -0.890. The van der Waals surface area contributed by atoms with Gasteiger partial charge in [0.05, 0.1) is 17.8 Å². The average Bonchev–Trinajstić information content (AvgIpc) is 3.41. The summed E-state index contributed by atoms with van der Waals surface area (Å²) in [5, 5.41) is 5.95. The number of fused-ring (bicyclic) bond motifs is 1. The summed E-state index contributed by atoms with van der Waals surface area (Å²) in [4.78, 5) is 39.2. The smallest absolute Gasteiger partial charge is 0.437 e. The Hall–Kier alpha value is -3.20. The van der Waals surface area contributed by atoms with Crippen LogP contribution >= 0.6 is 11.3 Å². The molecule has 1 aliphatic rings. The van der Waals surface area contributed by atoms with Crippen LogP contribution in [0.4, 0.5) is 0 Å². The van der Waals surface area contributed by atoms with E-state index in [2.05, 4.69) is 11.2 Å². The third-order valence-electron chi connectivity index (χ3n) is 4.96. The first kappa shape index (κ1) is 20.1. The number of aromatic nitrogens is 2. The summed E-state index contributed by atoms with van der Waals surface area (Å²) in [5.41, 5.74) is 2.36. The van der Waals surface area contributed by atoms with Crippen molar-refractivity contribution in [2.45, 2.75) is 39.0 Å². The second-order valence-corrected chi connectivity index (χ2v) is 7.98. The molecule has 4 rings (SSSR count). The van der Waals surface area contributed by atoms with Crippen LogP contribution < -0.4 is 5.76 Å². The van der Waals surface area contributed by atoms with Crippen LogP contribution in [-0.4, -0.2) is 39.2 Å². The zero-order valence-electron chi connectivity index (χ0n) is 16.4. The highest BCUT2D eigenvalue weighted by atomic mass is 32.1. The lowest BCUT2D eigenvalue weighted by atomic mass is 9.99. The lowest BCUT2D eigenvalue weighted by Gasteiger charge is -2.30. The third-order valence-corrected chi connectivity index (χ3v) is 5.82. The predicted molar refractivity (Wildman–Crippen MR) is 110 cm³/mol. The molecule has 1 aliphatic heterocycles. The predicted octanol–water partition coefficient (Wildman–Crippen LogP) is 2.47. The van der Waals surface area contributed by atoms with Crippen molar-refractivity contribution in [1.29, 1.82) is 0 Å². The van der Waals surface area contributed by atoms with Crippen molar-refractivity contribution >= 4 is 23.2 Å². The molecule has 30 heavy (non-hydrogen) atoms. The summed E-state index contributed by atoms with van der Waals surface area (Å²) in [6.45, 7) is 2.69. The van der Waals surface area contributed by atoms with Crippen molar-refractivity contribution in [1.82, 2.24) is 14.7 Å². The quantitative estimate of drug-likeness (QED) is 0.561. The number of esters is 1. The van der Waals surface area contributed by atoms with E-state index in [9.17, 15) is 14.4 Å². The van der Waals surface area contributed by atoms with Crippen molar-refractivity contribution in [2.24, 2.45) is 0 Å². The monoisotopic (exact) mass is 427 g/mol. The van der Waals surface area contributed by atoms with E-state index in [1.165, 1.54) is 16.9 Å². The third kappa shape index (κ3) is 4.35. The molecule has 156 valence electrons. The molecule has 0 fully saturated rings. The van der Waals surface area contributed by atoms with Crippen molar-refractivity contribution in [3.05, 3.63) is 63.5 Å². The molecule has 0 spiro atoms. The van der Waals surface area contributed by atoms with Gasteiger partial charge in [-0.15, -0.1) is 16.4 Å². The molecule has 0 bridgehead atoms. The van der Waals surface area contributed by atoms with Gasteiger partial charge in [-0.05, 0) is 35.9 Å². The summed E-state index contributed by atoms with van der Waals surface area (Å²) in [5.74, 6) is -1.21. The van der Waals surface area contributed by atoms with E-state index in [0.29, 0.717) is 13.1 Å². The first-order chi connectivity index (χ1) is 14.5. The maximum absolute atomic E-state index is 12.7. The molecule has 1 atom stereocenters. The number of aryl methyl sites for hydroxylation is 1. The van der Waals surface area contributed by atoms with E-state index in [0.717, 1.165) is 21.5 Å². The van der Waals surface area contributed by atoms with Gasteiger partial charge in [-0.3, -0.25) is 9.59 Å². The Morgan fingerprint density at radius 1 is 1.23 bits per heavy atom. The first-order valence-corrected chi connectivity index (χ1v) is 10.6. The topological polar surface area (TPSA) is 94.6 Å². The number of benzene rings is 1. The normalized spacial score (nSPS) is 14.2. The van der Waals surface area contributed by atoms with Crippen LogP contribution in [0.25, 0.3) is 10.8 Å². The molecule has 0 aliphatic carbocycles. The highest BCUT2D eigenvalue weighted by molar-refractivity contribution is 7.13. The van der Waals surface area contributed by atoms with Crippen LogP contribution in [0.3, 0.4) is 0 Å². The lowest BCUT2D eigenvalue weighted by Crippen LogP contribution is -2.42. The van der Waals surface area contributed by atoms with E-state index in [1.807, 2.05) is 29.6 Å². The molecule has 1 aromatic carbocycles. The van der Waals surface area contributed by atoms with Crippen molar-refractivity contribution in [2.75, 3.05) is 6.54 Å². The Balaban J connectivity index is 1.30. The molecule has 2 aromatic heterocycles. The number of hydrogen-bond donors (Lipinski definition) is 0. The Bertz CT molecular complexity index is 1100. The van der Waals surface area contributed by atoms with Gasteiger partial charge in [0.25, 0.3) is 11.8 Å². The molecule has 0 saturated heterocycles. The molecule has 3 aromatic rings. The molecule has 8 nitrogen and oxygen atoms in total. The minimum Gasteiger partial charge on any atom is -0.452 e. The standard InChI is InChI=1S/C21H21N3O5S/c1-14(20(26)23-10-8-15-5-2-3-6-16(15)13-23)28-18(25)9-11-24-21(27)29-19(22-24)17-7-4-12-30-17/h2-7,12,14H,8-11,13H2,1H3. The van der Waals surface area contributed by atoms with Crippen LogP contribution in [0.2, 0.25) is 0 Å². The molecule has 0 saturated carbocycles. The van der Waals surface area contributed by atoms with Crippen molar-refractivity contribution in [3.8, 4) is 10.8 Å². The second kappa shape index (κ2) is 8.66. The van der Waals surface area contributed by atoms with E-state index in [4.69, 9.17) is 9.15 Å². The fourth-order valence-corrected chi connectivity index (χ4v) is 4.04. The summed E-state index contributed by atoms with van der Waals surface area (Å²) >= 11 is 1.40. The minimum absolute atomic E-state index is 0.0184. The van der Waals surface area contributed by atoms with Crippen LogP contribution in [0.5, 0.6) is 0 Å². The fraction of sp³-hybridized carbons (Fsp3) is 0.333. The maximum atomic E-state index is 12.7. The number of carbonyl (C=O) groups excluding carboxylic acids is 2. The molecule has 1 unspecified atom stereocenters. The number of rotatable bonds is 6. The van der Waals surface area contributed by atoms with Gasteiger partial charge in [0.2, 0.25) is 0 Å². The summed E-state index contributed by atoms with van der Waals surface area (Å²) in [7, 11) is 0. The highest BCUT2D eigenvalue weighted by Gasteiger charge is 2.27. The molecule has 1 amide bonds. The molecule has 0 radical (unpaired) electrons. The fourth-order valence-electron chi connectivity index (χ4n) is 3.39. The van der Waals surface area contributed by atoms with Gasteiger partial charge in [0.1, 0.15) is 0 Å². The Labute approximate surface area is 176 Å². The first-order valence-electron chi connectivity index (χ1n) is 9.68. The zero-order valence-corrected chi connectivity index (χ0v) is 17.3. The average molecular weight is 427 g/mol.